The molecule has 0 aliphatic heterocycles. The van der Waals surface area contributed by atoms with Crippen LogP contribution in [0, 0.1) is 0 Å². The summed E-state index contributed by atoms with van der Waals surface area (Å²) in [5.41, 5.74) is 2.99. The molecule has 132 valence electrons. The molecule has 25 heavy (non-hydrogen) atoms. The standard InChI is InChI=1S/C21H24O4/c1-21(2,3)17-7-9-18(10-8-17)25-14-16-13-15(6-12-20(22)23)5-11-19(16)24-4/h5-13H,14H2,1-4H3,(H,22,23)/b12-6+. The Kier molecular flexibility index (Phi) is 5.86. The highest BCUT2D eigenvalue weighted by Crippen LogP contribution is 2.26. The number of hydrogen-bond donors (Lipinski definition) is 1. The van der Waals surface area contributed by atoms with E-state index in [0.717, 1.165) is 23.0 Å². The van der Waals surface area contributed by atoms with E-state index in [1.165, 1.54) is 5.56 Å². The van der Waals surface area contributed by atoms with E-state index in [2.05, 4.69) is 32.9 Å². The highest BCUT2D eigenvalue weighted by molar-refractivity contribution is 5.85. The van der Waals surface area contributed by atoms with E-state index in [9.17, 15) is 4.79 Å². The number of aliphatic carboxylic acids is 1. The van der Waals surface area contributed by atoms with E-state index in [1.807, 2.05) is 24.3 Å². The molecule has 2 aromatic rings. The molecule has 4 heteroatoms. The van der Waals surface area contributed by atoms with E-state index in [-0.39, 0.29) is 5.41 Å². The van der Waals surface area contributed by atoms with Gasteiger partial charge in [0.1, 0.15) is 18.1 Å². The van der Waals surface area contributed by atoms with E-state index in [0.29, 0.717) is 12.4 Å². The summed E-state index contributed by atoms with van der Waals surface area (Å²) in [6.45, 7) is 6.85. The Labute approximate surface area is 148 Å². The molecule has 2 rings (SSSR count). The zero-order chi connectivity index (χ0) is 18.4. The third kappa shape index (κ3) is 5.38. The van der Waals surface area contributed by atoms with Crippen LogP contribution in [0.2, 0.25) is 0 Å². The van der Waals surface area contributed by atoms with Gasteiger partial charge in [0.05, 0.1) is 7.11 Å². The fraction of sp³-hybridized carbons (Fsp3) is 0.286. The highest BCUT2D eigenvalue weighted by Gasteiger charge is 2.13. The fourth-order valence-electron chi connectivity index (χ4n) is 2.39. The van der Waals surface area contributed by atoms with Crippen LogP contribution in [0.4, 0.5) is 0 Å². The maximum absolute atomic E-state index is 10.7. The van der Waals surface area contributed by atoms with Crippen molar-refractivity contribution < 1.29 is 19.4 Å². The molecule has 0 saturated carbocycles. The second-order valence-corrected chi connectivity index (χ2v) is 6.81. The molecule has 0 heterocycles. The number of hydrogen-bond acceptors (Lipinski definition) is 3. The van der Waals surface area contributed by atoms with Crippen LogP contribution in [0.25, 0.3) is 6.08 Å². The van der Waals surface area contributed by atoms with Crippen molar-refractivity contribution in [3.63, 3.8) is 0 Å². The largest absolute Gasteiger partial charge is 0.496 e. The molecule has 0 saturated heterocycles. The van der Waals surface area contributed by atoms with Gasteiger partial charge in [-0.05, 0) is 46.9 Å². The maximum Gasteiger partial charge on any atom is 0.328 e. The SMILES string of the molecule is COc1ccc(/C=C/C(=O)O)cc1COc1ccc(C(C)(C)C)cc1. The topological polar surface area (TPSA) is 55.8 Å². The van der Waals surface area contributed by atoms with Crippen LogP contribution in [-0.2, 0) is 16.8 Å². The van der Waals surface area contributed by atoms with Gasteiger partial charge in [0.15, 0.2) is 0 Å². The molecule has 4 nitrogen and oxygen atoms in total. The average Bonchev–Trinajstić information content (AvgIpc) is 2.57. The lowest BCUT2D eigenvalue weighted by atomic mass is 9.87. The Morgan fingerprint density at radius 1 is 1.12 bits per heavy atom. The van der Waals surface area contributed by atoms with Crippen molar-refractivity contribution in [2.24, 2.45) is 0 Å². The van der Waals surface area contributed by atoms with Crippen LogP contribution in [0.1, 0.15) is 37.5 Å². The Hall–Kier alpha value is -2.75. The predicted molar refractivity (Wildman–Crippen MR) is 99.1 cm³/mol. The normalized spacial score (nSPS) is 11.5. The lowest BCUT2D eigenvalue weighted by molar-refractivity contribution is -0.131. The molecule has 0 atom stereocenters. The van der Waals surface area contributed by atoms with Gasteiger partial charge in [-0.25, -0.2) is 4.79 Å². The van der Waals surface area contributed by atoms with Crippen LogP contribution in [0.3, 0.4) is 0 Å². The Bertz CT molecular complexity index is 752. The zero-order valence-electron chi connectivity index (χ0n) is 15.1. The Morgan fingerprint density at radius 3 is 2.36 bits per heavy atom. The number of carboxylic acid groups (broad SMARTS) is 1. The number of rotatable bonds is 6. The van der Waals surface area contributed by atoms with Gasteiger partial charge in [-0.1, -0.05) is 39.0 Å². The van der Waals surface area contributed by atoms with Crippen LogP contribution in [0.15, 0.2) is 48.5 Å². The minimum atomic E-state index is -0.979. The minimum Gasteiger partial charge on any atom is -0.496 e. The fourth-order valence-corrected chi connectivity index (χ4v) is 2.39. The van der Waals surface area contributed by atoms with Gasteiger partial charge in [0.2, 0.25) is 0 Å². The number of carbonyl (C=O) groups is 1. The van der Waals surface area contributed by atoms with Crippen molar-refractivity contribution in [2.45, 2.75) is 32.8 Å². The number of benzene rings is 2. The summed E-state index contributed by atoms with van der Waals surface area (Å²) in [6.07, 6.45) is 2.65. The molecule has 0 aliphatic carbocycles. The Morgan fingerprint density at radius 2 is 1.80 bits per heavy atom. The maximum atomic E-state index is 10.7. The molecule has 0 amide bonds. The number of carboxylic acids is 1. The van der Waals surface area contributed by atoms with Crippen molar-refractivity contribution in [2.75, 3.05) is 7.11 Å². The summed E-state index contributed by atoms with van der Waals surface area (Å²) in [7, 11) is 1.60. The van der Waals surface area contributed by atoms with Crippen molar-refractivity contribution >= 4 is 12.0 Å². The summed E-state index contributed by atoms with van der Waals surface area (Å²) < 4.78 is 11.2. The van der Waals surface area contributed by atoms with Crippen LogP contribution in [0.5, 0.6) is 11.5 Å². The minimum absolute atomic E-state index is 0.104. The summed E-state index contributed by atoms with van der Waals surface area (Å²) in [5, 5.41) is 8.74. The molecule has 0 spiro atoms. The van der Waals surface area contributed by atoms with E-state index in [4.69, 9.17) is 14.6 Å². The summed E-state index contributed by atoms with van der Waals surface area (Å²) >= 11 is 0. The van der Waals surface area contributed by atoms with Gasteiger partial charge < -0.3 is 14.6 Å². The second kappa shape index (κ2) is 7.88. The molecule has 0 bridgehead atoms. The molecule has 0 aromatic heterocycles. The first-order valence-corrected chi connectivity index (χ1v) is 8.11. The third-order valence-electron chi connectivity index (χ3n) is 3.84. The van der Waals surface area contributed by atoms with Crippen molar-refractivity contribution in [1.82, 2.24) is 0 Å². The van der Waals surface area contributed by atoms with Gasteiger partial charge >= 0.3 is 5.97 Å². The zero-order valence-corrected chi connectivity index (χ0v) is 15.1. The lowest BCUT2D eigenvalue weighted by Crippen LogP contribution is -2.10. The number of ether oxygens (including phenoxy) is 2. The predicted octanol–water partition coefficient (Wildman–Crippen LogP) is 4.67. The van der Waals surface area contributed by atoms with Gasteiger partial charge in [-0.2, -0.15) is 0 Å². The highest BCUT2D eigenvalue weighted by atomic mass is 16.5. The molecule has 0 radical (unpaired) electrons. The first-order chi connectivity index (χ1) is 11.8. The van der Waals surface area contributed by atoms with Gasteiger partial charge in [-0.3, -0.25) is 0 Å². The molecular weight excluding hydrogens is 316 g/mol. The van der Waals surface area contributed by atoms with Crippen molar-refractivity contribution in [3.05, 3.63) is 65.2 Å². The smallest absolute Gasteiger partial charge is 0.328 e. The summed E-state index contributed by atoms with van der Waals surface area (Å²) in [6, 6.07) is 13.5. The first kappa shape index (κ1) is 18.6. The van der Waals surface area contributed by atoms with Crippen LogP contribution in [-0.4, -0.2) is 18.2 Å². The van der Waals surface area contributed by atoms with Crippen molar-refractivity contribution in [1.29, 1.82) is 0 Å². The molecule has 2 aromatic carbocycles. The van der Waals surface area contributed by atoms with Gasteiger partial charge in [0, 0.05) is 11.6 Å². The number of methoxy groups -OCH3 is 1. The second-order valence-electron chi connectivity index (χ2n) is 6.81. The molecule has 0 fully saturated rings. The molecule has 0 unspecified atom stereocenters. The molecular formula is C21H24O4. The Balaban J connectivity index is 2.13. The monoisotopic (exact) mass is 340 g/mol. The molecule has 1 N–H and O–H groups in total. The summed E-state index contributed by atoms with van der Waals surface area (Å²) in [4.78, 5) is 10.7. The third-order valence-corrected chi connectivity index (χ3v) is 3.84. The van der Waals surface area contributed by atoms with E-state index >= 15 is 0 Å². The first-order valence-electron chi connectivity index (χ1n) is 8.11. The van der Waals surface area contributed by atoms with E-state index in [1.54, 1.807) is 19.3 Å². The van der Waals surface area contributed by atoms with Crippen LogP contribution < -0.4 is 9.47 Å². The van der Waals surface area contributed by atoms with Gasteiger partial charge in [0.25, 0.3) is 0 Å². The average molecular weight is 340 g/mol. The lowest BCUT2D eigenvalue weighted by Gasteiger charge is -2.19. The van der Waals surface area contributed by atoms with E-state index < -0.39 is 5.97 Å². The van der Waals surface area contributed by atoms with Gasteiger partial charge in [-0.15, -0.1) is 0 Å². The van der Waals surface area contributed by atoms with Crippen molar-refractivity contribution in [3.8, 4) is 11.5 Å². The summed E-state index contributed by atoms with van der Waals surface area (Å²) in [5.74, 6) is 0.507. The molecule has 0 aliphatic rings. The van der Waals surface area contributed by atoms with Crippen LogP contribution >= 0.6 is 0 Å². The quantitative estimate of drug-likeness (QED) is 0.777.